The van der Waals surface area contributed by atoms with Gasteiger partial charge in [-0.1, -0.05) is 0 Å². The van der Waals surface area contributed by atoms with Gasteiger partial charge in [0.15, 0.2) is 5.78 Å². The number of nitrogens with two attached hydrogens (primary N) is 1. The molecule has 4 nitrogen and oxygen atoms in total. The first-order valence-corrected chi connectivity index (χ1v) is 2.80. The van der Waals surface area contributed by atoms with E-state index in [0.717, 1.165) is 0 Å². The number of carbonyl (C=O) groups is 1. The van der Waals surface area contributed by atoms with E-state index < -0.39 is 12.9 Å². The van der Waals surface area contributed by atoms with Gasteiger partial charge in [-0.15, -0.1) is 0 Å². The first kappa shape index (κ1) is 9.19. The summed E-state index contributed by atoms with van der Waals surface area (Å²) in [6.45, 7) is 2.67. The second-order valence-corrected chi connectivity index (χ2v) is 2.03. The van der Waals surface area contributed by atoms with Crippen LogP contribution in [0.2, 0.25) is 0 Å². The van der Waals surface area contributed by atoms with Gasteiger partial charge in [0, 0.05) is 11.2 Å². The Morgan fingerprint density at radius 1 is 1.40 bits per heavy atom. The average molecular weight is 143 g/mol. The molecule has 0 fully saturated rings. The minimum atomic E-state index is -1.76. The van der Waals surface area contributed by atoms with Crippen molar-refractivity contribution in [3.05, 3.63) is 11.2 Å². The molecule has 0 spiro atoms. The Bertz CT molecular complexity index is 172. The first-order valence-electron chi connectivity index (χ1n) is 2.80. The van der Waals surface area contributed by atoms with Crippen molar-refractivity contribution in [2.45, 2.75) is 13.8 Å². The number of Topliss-reactive ketones (excluding diaryl/α,β-unsaturated/α-hetero) is 1. The summed E-state index contributed by atoms with van der Waals surface area (Å²) in [7, 11) is -1.76. The fourth-order valence-electron chi connectivity index (χ4n) is 0.663. The predicted octanol–water partition coefficient (Wildman–Crippen LogP) is -1.18. The zero-order valence-electron chi connectivity index (χ0n) is 5.96. The highest BCUT2D eigenvalue weighted by Gasteiger charge is 2.20. The lowest BCUT2D eigenvalue weighted by Crippen LogP contribution is -2.24. The summed E-state index contributed by atoms with van der Waals surface area (Å²) in [5.74, 6) is -0.421. The van der Waals surface area contributed by atoms with Gasteiger partial charge in [0.05, 0.1) is 0 Å². The van der Waals surface area contributed by atoms with Crippen molar-refractivity contribution in [2.24, 2.45) is 5.73 Å². The lowest BCUT2D eigenvalue weighted by atomic mass is 9.76. The summed E-state index contributed by atoms with van der Waals surface area (Å²) >= 11 is 0. The Morgan fingerprint density at radius 3 is 1.80 bits per heavy atom. The molecule has 0 saturated heterocycles. The number of carbonyl (C=O) groups excluding carboxylic acids is 1. The average Bonchev–Trinajstić information content (AvgIpc) is 1.59. The number of rotatable bonds is 2. The fraction of sp³-hybridized carbons (Fsp3) is 0.400. The molecule has 5 heteroatoms. The van der Waals surface area contributed by atoms with Gasteiger partial charge in [0.2, 0.25) is 0 Å². The molecule has 0 rings (SSSR count). The van der Waals surface area contributed by atoms with E-state index in [1.807, 2.05) is 0 Å². The molecular formula is C5H10BNO3. The number of hydrogen-bond donors (Lipinski definition) is 3. The highest BCUT2D eigenvalue weighted by molar-refractivity contribution is 6.58. The topological polar surface area (TPSA) is 83.5 Å². The molecule has 0 aromatic carbocycles. The number of allylic oxidation sites excluding steroid dienone is 2. The third-order valence-electron chi connectivity index (χ3n) is 1.06. The fourth-order valence-corrected chi connectivity index (χ4v) is 0.663. The monoisotopic (exact) mass is 143 g/mol. The normalized spacial score (nSPS) is 12.4. The van der Waals surface area contributed by atoms with Crippen molar-refractivity contribution in [3.8, 4) is 0 Å². The van der Waals surface area contributed by atoms with Gasteiger partial charge >= 0.3 is 7.12 Å². The van der Waals surface area contributed by atoms with Crippen LogP contribution in [0.15, 0.2) is 11.2 Å². The van der Waals surface area contributed by atoms with E-state index in [-0.39, 0.29) is 11.2 Å². The van der Waals surface area contributed by atoms with E-state index in [1.165, 1.54) is 13.8 Å². The Hall–Kier alpha value is -0.805. The smallest absolute Gasteiger partial charge is 0.423 e. The zero-order valence-corrected chi connectivity index (χ0v) is 5.96. The first-order chi connectivity index (χ1) is 4.46. The predicted molar refractivity (Wildman–Crippen MR) is 37.8 cm³/mol. The molecule has 0 bridgehead atoms. The van der Waals surface area contributed by atoms with E-state index >= 15 is 0 Å². The van der Waals surface area contributed by atoms with Crippen LogP contribution in [0.25, 0.3) is 0 Å². The maximum Gasteiger partial charge on any atom is 0.493 e. The summed E-state index contributed by atoms with van der Waals surface area (Å²) in [5.41, 5.74) is 5.18. The Labute approximate surface area is 59.5 Å². The highest BCUT2D eigenvalue weighted by Crippen LogP contribution is 2.00. The summed E-state index contributed by atoms with van der Waals surface area (Å²) in [4.78, 5) is 10.6. The molecule has 0 saturated carbocycles. The standard InChI is InChI=1S/C5H10BNO3/c1-3(7)5(4(2)8)6(9)10/h9-10H,7H2,1-2H3. The second kappa shape index (κ2) is 3.38. The van der Waals surface area contributed by atoms with Gasteiger partial charge in [-0.05, 0) is 13.8 Å². The van der Waals surface area contributed by atoms with Crippen LogP contribution in [0.1, 0.15) is 13.8 Å². The molecule has 10 heavy (non-hydrogen) atoms. The number of hydrogen-bond acceptors (Lipinski definition) is 4. The van der Waals surface area contributed by atoms with Gasteiger partial charge in [0.1, 0.15) is 0 Å². The van der Waals surface area contributed by atoms with Crippen LogP contribution in [0.3, 0.4) is 0 Å². The van der Waals surface area contributed by atoms with E-state index in [0.29, 0.717) is 0 Å². The summed E-state index contributed by atoms with van der Waals surface area (Å²) < 4.78 is 0. The van der Waals surface area contributed by atoms with E-state index in [9.17, 15) is 4.79 Å². The van der Waals surface area contributed by atoms with Gasteiger partial charge in [-0.2, -0.15) is 0 Å². The van der Waals surface area contributed by atoms with Gasteiger partial charge < -0.3 is 15.8 Å². The maximum atomic E-state index is 10.6. The third kappa shape index (κ3) is 2.20. The minimum absolute atomic E-state index is 0.139. The van der Waals surface area contributed by atoms with Crippen molar-refractivity contribution in [2.75, 3.05) is 0 Å². The molecule has 0 aliphatic heterocycles. The van der Waals surface area contributed by atoms with Crippen molar-refractivity contribution >= 4 is 12.9 Å². The molecule has 4 N–H and O–H groups in total. The molecule has 0 heterocycles. The third-order valence-corrected chi connectivity index (χ3v) is 1.06. The van der Waals surface area contributed by atoms with E-state index in [1.54, 1.807) is 0 Å². The van der Waals surface area contributed by atoms with Crippen LogP contribution in [0.4, 0.5) is 0 Å². The Balaban J connectivity index is 4.61. The molecule has 0 amide bonds. The molecular weight excluding hydrogens is 133 g/mol. The van der Waals surface area contributed by atoms with Gasteiger partial charge in [-0.25, -0.2) is 0 Å². The zero-order chi connectivity index (χ0) is 8.31. The molecule has 0 unspecified atom stereocenters. The molecule has 0 aromatic heterocycles. The van der Waals surface area contributed by atoms with Crippen molar-refractivity contribution in [3.63, 3.8) is 0 Å². The van der Waals surface area contributed by atoms with Crippen LogP contribution in [0, 0.1) is 0 Å². The van der Waals surface area contributed by atoms with Crippen molar-refractivity contribution in [1.82, 2.24) is 0 Å². The maximum absolute atomic E-state index is 10.6. The molecule has 0 aliphatic carbocycles. The minimum Gasteiger partial charge on any atom is -0.423 e. The highest BCUT2D eigenvalue weighted by atomic mass is 16.4. The van der Waals surface area contributed by atoms with Crippen LogP contribution in [-0.4, -0.2) is 22.9 Å². The van der Waals surface area contributed by atoms with Crippen LogP contribution < -0.4 is 5.73 Å². The molecule has 56 valence electrons. The van der Waals surface area contributed by atoms with Crippen molar-refractivity contribution < 1.29 is 14.8 Å². The Kier molecular flexibility index (Phi) is 3.11. The lowest BCUT2D eigenvalue weighted by molar-refractivity contribution is -0.113. The van der Waals surface area contributed by atoms with Crippen LogP contribution in [-0.2, 0) is 4.79 Å². The molecule has 0 aromatic rings. The quantitative estimate of drug-likeness (QED) is 0.335. The SMILES string of the molecule is CC(=O)C(B(O)O)=C(C)N. The molecule has 0 radical (unpaired) electrons. The summed E-state index contributed by atoms with van der Waals surface area (Å²) in [5, 5.41) is 17.1. The largest absolute Gasteiger partial charge is 0.493 e. The lowest BCUT2D eigenvalue weighted by Gasteiger charge is -2.02. The van der Waals surface area contributed by atoms with Crippen LogP contribution in [0.5, 0.6) is 0 Å². The molecule has 0 atom stereocenters. The second-order valence-electron chi connectivity index (χ2n) is 2.03. The number of ketones is 1. The van der Waals surface area contributed by atoms with Crippen molar-refractivity contribution in [1.29, 1.82) is 0 Å². The Morgan fingerprint density at radius 2 is 1.80 bits per heavy atom. The molecule has 0 aliphatic rings. The summed E-state index contributed by atoms with van der Waals surface area (Å²) in [6, 6.07) is 0. The summed E-state index contributed by atoms with van der Waals surface area (Å²) in [6.07, 6.45) is 0. The van der Waals surface area contributed by atoms with Gasteiger partial charge in [-0.3, -0.25) is 4.79 Å². The van der Waals surface area contributed by atoms with E-state index in [2.05, 4.69) is 0 Å². The van der Waals surface area contributed by atoms with E-state index in [4.69, 9.17) is 15.8 Å². The van der Waals surface area contributed by atoms with Crippen LogP contribution >= 0.6 is 0 Å². The van der Waals surface area contributed by atoms with Gasteiger partial charge in [0.25, 0.3) is 0 Å².